The number of benzene rings is 2. The molecule has 0 bridgehead atoms. The molecule has 24 heavy (non-hydrogen) atoms. The SMILES string of the molecule is C[C@@H](N[C@@H]1C[C@H]1c1ccc(OCc2ccc(F)cc2)cc1)C(N)=O. The summed E-state index contributed by atoms with van der Waals surface area (Å²) in [5.41, 5.74) is 7.41. The van der Waals surface area contributed by atoms with Crippen LogP contribution in [0.25, 0.3) is 0 Å². The van der Waals surface area contributed by atoms with Gasteiger partial charge in [-0.2, -0.15) is 0 Å². The Morgan fingerprint density at radius 1 is 1.25 bits per heavy atom. The third-order valence-electron chi connectivity index (χ3n) is 4.31. The lowest BCUT2D eigenvalue weighted by Crippen LogP contribution is -2.40. The van der Waals surface area contributed by atoms with E-state index in [1.54, 1.807) is 19.1 Å². The number of nitrogens with two attached hydrogens (primary N) is 1. The molecule has 0 unspecified atom stereocenters. The molecule has 0 radical (unpaired) electrons. The van der Waals surface area contributed by atoms with Crippen molar-refractivity contribution in [3.05, 3.63) is 65.5 Å². The monoisotopic (exact) mass is 328 g/mol. The summed E-state index contributed by atoms with van der Waals surface area (Å²) in [6, 6.07) is 14.2. The summed E-state index contributed by atoms with van der Waals surface area (Å²) in [5.74, 6) is 0.614. The minimum absolute atomic E-state index is 0.249. The topological polar surface area (TPSA) is 64.3 Å². The fourth-order valence-electron chi connectivity index (χ4n) is 2.71. The van der Waals surface area contributed by atoms with Gasteiger partial charge in [0.05, 0.1) is 6.04 Å². The van der Waals surface area contributed by atoms with Crippen LogP contribution in [0.3, 0.4) is 0 Å². The average molecular weight is 328 g/mol. The summed E-state index contributed by atoms with van der Waals surface area (Å²) in [7, 11) is 0. The summed E-state index contributed by atoms with van der Waals surface area (Å²) in [5, 5.41) is 3.23. The normalized spacial score (nSPS) is 20.4. The van der Waals surface area contributed by atoms with Crippen LogP contribution >= 0.6 is 0 Å². The standard InChI is InChI=1S/C19H21FN2O2/c1-12(19(21)23)22-18-10-17(18)14-4-8-16(9-5-14)24-11-13-2-6-15(20)7-3-13/h2-9,12,17-18,22H,10-11H2,1H3,(H2,21,23)/t12-,17+,18-/m1/s1. The highest BCUT2D eigenvalue weighted by Gasteiger charge is 2.39. The van der Waals surface area contributed by atoms with Crippen molar-refractivity contribution < 1.29 is 13.9 Å². The molecule has 0 aromatic heterocycles. The van der Waals surface area contributed by atoms with Gasteiger partial charge in [0.25, 0.3) is 0 Å². The van der Waals surface area contributed by atoms with Crippen LogP contribution in [-0.2, 0) is 11.4 Å². The quantitative estimate of drug-likeness (QED) is 0.821. The van der Waals surface area contributed by atoms with E-state index in [-0.39, 0.29) is 17.8 Å². The number of ether oxygens (including phenoxy) is 1. The predicted octanol–water partition coefficient (Wildman–Crippen LogP) is 2.72. The van der Waals surface area contributed by atoms with E-state index in [4.69, 9.17) is 10.5 Å². The molecule has 0 spiro atoms. The first-order valence-electron chi connectivity index (χ1n) is 8.05. The van der Waals surface area contributed by atoms with Crippen LogP contribution in [-0.4, -0.2) is 18.0 Å². The number of nitrogens with one attached hydrogen (secondary N) is 1. The molecule has 1 fully saturated rings. The van der Waals surface area contributed by atoms with Crippen molar-refractivity contribution in [3.63, 3.8) is 0 Å². The van der Waals surface area contributed by atoms with Gasteiger partial charge in [0, 0.05) is 12.0 Å². The number of carbonyl (C=O) groups excluding carboxylic acids is 1. The lowest BCUT2D eigenvalue weighted by atomic mass is 10.1. The second-order valence-electron chi connectivity index (χ2n) is 6.22. The van der Waals surface area contributed by atoms with Gasteiger partial charge in [0.15, 0.2) is 0 Å². The Bertz CT molecular complexity index is 700. The molecule has 1 amide bonds. The molecular formula is C19H21FN2O2. The Morgan fingerprint density at radius 2 is 1.92 bits per heavy atom. The van der Waals surface area contributed by atoms with Gasteiger partial charge in [0.2, 0.25) is 5.91 Å². The predicted molar refractivity (Wildman–Crippen MR) is 90.1 cm³/mol. The van der Waals surface area contributed by atoms with Gasteiger partial charge in [-0.05, 0) is 48.7 Å². The molecule has 2 aromatic rings. The maximum Gasteiger partial charge on any atom is 0.234 e. The van der Waals surface area contributed by atoms with Crippen LogP contribution in [0.15, 0.2) is 48.5 Å². The molecule has 0 heterocycles. The summed E-state index contributed by atoms with van der Waals surface area (Å²) >= 11 is 0. The van der Waals surface area contributed by atoms with Gasteiger partial charge in [0.1, 0.15) is 18.2 Å². The van der Waals surface area contributed by atoms with Crippen LogP contribution in [0.2, 0.25) is 0 Å². The van der Waals surface area contributed by atoms with E-state index in [1.807, 2.05) is 24.3 Å². The molecule has 3 N–H and O–H groups in total. The van der Waals surface area contributed by atoms with E-state index in [0.29, 0.717) is 18.6 Å². The third kappa shape index (κ3) is 4.11. The summed E-state index contributed by atoms with van der Waals surface area (Å²) in [6.45, 7) is 2.19. The van der Waals surface area contributed by atoms with Crippen LogP contribution in [0, 0.1) is 5.82 Å². The first-order valence-corrected chi connectivity index (χ1v) is 8.05. The number of rotatable bonds is 7. The maximum absolute atomic E-state index is 12.9. The van der Waals surface area contributed by atoms with Crippen LogP contribution < -0.4 is 15.8 Å². The number of halogens is 1. The third-order valence-corrected chi connectivity index (χ3v) is 4.31. The Hall–Kier alpha value is -2.40. The van der Waals surface area contributed by atoms with Gasteiger partial charge in [-0.3, -0.25) is 4.79 Å². The second-order valence-corrected chi connectivity index (χ2v) is 6.22. The first-order chi connectivity index (χ1) is 11.5. The van der Waals surface area contributed by atoms with Gasteiger partial charge in [-0.15, -0.1) is 0 Å². The van der Waals surface area contributed by atoms with E-state index < -0.39 is 0 Å². The number of primary amides is 1. The molecule has 1 aliphatic carbocycles. The molecule has 0 saturated heterocycles. The number of hydrogen-bond acceptors (Lipinski definition) is 3. The lowest BCUT2D eigenvalue weighted by Gasteiger charge is -2.10. The molecule has 5 heteroatoms. The van der Waals surface area contributed by atoms with Gasteiger partial charge in [-0.25, -0.2) is 4.39 Å². The zero-order valence-electron chi connectivity index (χ0n) is 13.5. The summed E-state index contributed by atoms with van der Waals surface area (Å²) in [6.07, 6.45) is 1.01. The van der Waals surface area contributed by atoms with E-state index in [9.17, 15) is 9.18 Å². The van der Waals surface area contributed by atoms with Gasteiger partial charge in [-0.1, -0.05) is 24.3 Å². The smallest absolute Gasteiger partial charge is 0.234 e. The van der Waals surface area contributed by atoms with Gasteiger partial charge >= 0.3 is 0 Å². The van der Waals surface area contributed by atoms with Crippen molar-refractivity contribution in [2.24, 2.45) is 5.73 Å². The molecule has 4 nitrogen and oxygen atoms in total. The first kappa shape index (κ1) is 16.5. The van der Waals surface area contributed by atoms with E-state index in [2.05, 4.69) is 5.32 Å². The Kier molecular flexibility index (Phi) is 4.81. The van der Waals surface area contributed by atoms with E-state index >= 15 is 0 Å². The van der Waals surface area contributed by atoms with Crippen molar-refractivity contribution in [3.8, 4) is 5.75 Å². The molecule has 1 saturated carbocycles. The molecule has 0 aliphatic heterocycles. The fourth-order valence-corrected chi connectivity index (χ4v) is 2.71. The fraction of sp³-hybridized carbons (Fsp3) is 0.316. The number of amides is 1. The molecule has 2 aromatic carbocycles. The molecule has 3 rings (SSSR count). The highest BCUT2D eigenvalue weighted by atomic mass is 19.1. The van der Waals surface area contributed by atoms with Crippen molar-refractivity contribution >= 4 is 5.91 Å². The summed E-state index contributed by atoms with van der Waals surface area (Å²) in [4.78, 5) is 11.1. The molecule has 1 aliphatic rings. The summed E-state index contributed by atoms with van der Waals surface area (Å²) < 4.78 is 18.6. The van der Waals surface area contributed by atoms with Crippen molar-refractivity contribution in [1.29, 1.82) is 0 Å². The number of hydrogen-bond donors (Lipinski definition) is 2. The average Bonchev–Trinajstić information content (AvgIpc) is 3.34. The van der Waals surface area contributed by atoms with Crippen LogP contribution in [0.1, 0.15) is 30.4 Å². The zero-order chi connectivity index (χ0) is 17.1. The highest BCUT2D eigenvalue weighted by Crippen LogP contribution is 2.41. The minimum atomic E-state index is -0.329. The van der Waals surface area contributed by atoms with Crippen LogP contribution in [0.5, 0.6) is 5.75 Å². The van der Waals surface area contributed by atoms with Crippen molar-refractivity contribution in [2.75, 3.05) is 0 Å². The lowest BCUT2D eigenvalue weighted by molar-refractivity contribution is -0.119. The molecule has 3 atom stereocenters. The Morgan fingerprint density at radius 3 is 2.54 bits per heavy atom. The minimum Gasteiger partial charge on any atom is -0.489 e. The Labute approximate surface area is 140 Å². The van der Waals surface area contributed by atoms with Crippen LogP contribution in [0.4, 0.5) is 4.39 Å². The maximum atomic E-state index is 12.9. The van der Waals surface area contributed by atoms with Gasteiger partial charge < -0.3 is 15.8 Å². The molecular weight excluding hydrogens is 307 g/mol. The van der Waals surface area contributed by atoms with E-state index in [1.165, 1.54) is 17.7 Å². The van der Waals surface area contributed by atoms with Crippen molar-refractivity contribution in [1.82, 2.24) is 5.32 Å². The second kappa shape index (κ2) is 7.01. The van der Waals surface area contributed by atoms with Crippen molar-refractivity contribution in [2.45, 2.75) is 38.0 Å². The number of carbonyl (C=O) groups is 1. The largest absolute Gasteiger partial charge is 0.489 e. The van der Waals surface area contributed by atoms with E-state index in [0.717, 1.165) is 17.7 Å². The Balaban J connectivity index is 1.51. The molecule has 126 valence electrons. The zero-order valence-corrected chi connectivity index (χ0v) is 13.5. The highest BCUT2D eigenvalue weighted by molar-refractivity contribution is 5.79.